The van der Waals surface area contributed by atoms with Gasteiger partial charge in [0.25, 0.3) is 0 Å². The Kier molecular flexibility index (Phi) is 12.2. The SMILES string of the molecule is COc1c(C(C)(C)C)cc2c(c1-c1cc(C(C)(C)C)cc(C(C)(C)C)c1)C=C(C)[CH]2[Zr]([Cl])([Cl])([CH]1C(C)=Cc2c1cc1c(c2-c2cc(C(C)(C)C)cc(C(C)(C)C)c2)CCC1)[SiH](C)C. The van der Waals surface area contributed by atoms with Crippen molar-refractivity contribution in [1.82, 2.24) is 0 Å². The van der Waals surface area contributed by atoms with Crippen LogP contribution in [-0.4, -0.2) is 13.0 Å². The number of halogens is 2. The van der Waals surface area contributed by atoms with Crippen molar-refractivity contribution in [1.29, 1.82) is 0 Å². The van der Waals surface area contributed by atoms with Crippen molar-refractivity contribution in [2.75, 3.05) is 7.11 Å². The van der Waals surface area contributed by atoms with E-state index in [1.54, 1.807) is 0 Å². The van der Waals surface area contributed by atoms with E-state index in [2.05, 4.69) is 191 Å². The fourth-order valence-electron chi connectivity index (χ4n) is 11.3. The Morgan fingerprint density at radius 2 is 0.937 bits per heavy atom. The molecule has 1 nitrogen and oxygen atoms in total. The molecule has 2 unspecified atom stereocenters. The summed E-state index contributed by atoms with van der Waals surface area (Å²) in [6.45, 7) is 44.7. The van der Waals surface area contributed by atoms with Crippen LogP contribution in [0.1, 0.15) is 193 Å². The van der Waals surface area contributed by atoms with E-state index < -0.39 is 21.5 Å². The molecule has 5 heteroatoms. The van der Waals surface area contributed by atoms with Gasteiger partial charge >= 0.3 is 396 Å². The predicted octanol–water partition coefficient (Wildman–Crippen LogP) is 17.6. The van der Waals surface area contributed by atoms with Crippen molar-refractivity contribution in [2.24, 2.45) is 0 Å². The second kappa shape index (κ2) is 15.7. The van der Waals surface area contributed by atoms with Crippen LogP contribution in [0.4, 0.5) is 0 Å². The van der Waals surface area contributed by atoms with Crippen LogP contribution in [0.3, 0.4) is 0 Å². The van der Waals surface area contributed by atoms with Gasteiger partial charge in [-0.1, -0.05) is 0 Å². The third-order valence-electron chi connectivity index (χ3n) is 15.2. The second-order valence-corrected chi connectivity index (χ2v) is 68.0. The van der Waals surface area contributed by atoms with Gasteiger partial charge in [-0.05, 0) is 0 Å². The molecule has 2 atom stereocenters. The number of methoxy groups -OCH3 is 1. The standard InChI is InChI=1S/C29H39O.C27H33.C2H7Si.2ClH.Zr/c1-18-12-19-16-24(29(8,9)10)26(30-11)25(23(19)13-18)20-14-21(27(2,3)4)17-22(15-20)28(5,6)7;1-17-11-19-13-18-9-8-10-23(18)25(24(19)12-17)20-14-21(26(2,3)4)16-22(15-20)27(5,6)7;1-3-2;;;/h12-17H,1-11H3;11-16H,8-10H2,1-7H3;3H,1-2H3;2*1H;/q;;;;;+2/p-2. The monoisotopic (exact) mass is 979 g/mol. The van der Waals surface area contributed by atoms with E-state index in [1.165, 1.54) is 101 Å². The molecular formula is C58H79Cl2OSiZr. The quantitative estimate of drug-likeness (QED) is 0.175. The maximum atomic E-state index is 9.04. The molecule has 0 saturated carbocycles. The molecule has 339 valence electrons. The summed E-state index contributed by atoms with van der Waals surface area (Å²) in [5.41, 5.74) is 22.7. The number of hydrogen-bond acceptors (Lipinski definition) is 1. The van der Waals surface area contributed by atoms with Crippen molar-refractivity contribution in [3.8, 4) is 28.0 Å². The van der Waals surface area contributed by atoms with E-state index >= 15 is 0 Å². The number of benzene rings is 4. The molecule has 7 rings (SSSR count). The molecule has 0 amide bonds. The first-order valence-electron chi connectivity index (χ1n) is 23.9. The van der Waals surface area contributed by atoms with Gasteiger partial charge in [0.2, 0.25) is 0 Å². The van der Waals surface area contributed by atoms with Gasteiger partial charge in [0.15, 0.2) is 0 Å². The zero-order valence-corrected chi connectivity index (χ0v) is 47.9. The van der Waals surface area contributed by atoms with Crippen LogP contribution >= 0.6 is 17.0 Å². The van der Waals surface area contributed by atoms with Crippen LogP contribution in [0.2, 0.25) is 13.1 Å². The third-order valence-corrected chi connectivity index (χ3v) is 67.5. The minimum atomic E-state index is -5.11. The number of rotatable bonds is 6. The van der Waals surface area contributed by atoms with Crippen LogP contribution in [0.5, 0.6) is 5.75 Å². The first-order chi connectivity index (χ1) is 28.7. The normalized spacial score (nSPS) is 18.8. The topological polar surface area (TPSA) is 9.23 Å². The van der Waals surface area contributed by atoms with Crippen molar-refractivity contribution in [3.63, 3.8) is 0 Å². The molecule has 3 aliphatic carbocycles. The zero-order valence-electron chi connectivity index (χ0n) is 42.8. The molecule has 4 aromatic carbocycles. The number of allylic oxidation sites excluding steroid dienone is 2. The summed E-state index contributed by atoms with van der Waals surface area (Å²) >= 11 is -5.11. The molecule has 0 spiro atoms. The Hall–Kier alpha value is -2.16. The molecule has 0 heterocycles. The van der Waals surface area contributed by atoms with Crippen molar-refractivity contribution in [2.45, 2.75) is 184 Å². The van der Waals surface area contributed by atoms with Gasteiger partial charge < -0.3 is 0 Å². The summed E-state index contributed by atoms with van der Waals surface area (Å²) in [7, 11) is 19.9. The van der Waals surface area contributed by atoms with Crippen LogP contribution in [0.15, 0.2) is 59.7 Å². The fourth-order valence-corrected chi connectivity index (χ4v) is 44.2. The molecule has 0 saturated heterocycles. The van der Waals surface area contributed by atoms with Crippen LogP contribution in [0.25, 0.3) is 34.4 Å². The Balaban J connectivity index is 1.54. The van der Waals surface area contributed by atoms with E-state index in [4.69, 9.17) is 21.8 Å². The first-order valence-corrected chi connectivity index (χ1v) is 40.2. The third kappa shape index (κ3) is 8.24. The van der Waals surface area contributed by atoms with Crippen LogP contribution in [-0.2, 0) is 55.5 Å². The number of aryl methyl sites for hydroxylation is 1. The van der Waals surface area contributed by atoms with Crippen molar-refractivity contribution in [3.05, 3.63) is 121 Å². The van der Waals surface area contributed by atoms with Gasteiger partial charge in [0.05, 0.1) is 0 Å². The summed E-state index contributed by atoms with van der Waals surface area (Å²) in [6.07, 6.45) is 8.40. The number of hydrogen-bond donors (Lipinski definition) is 0. The number of fused-ring (bicyclic) bond motifs is 3. The average molecular weight is 982 g/mol. The van der Waals surface area contributed by atoms with E-state index in [0.717, 1.165) is 18.6 Å². The van der Waals surface area contributed by atoms with Gasteiger partial charge in [-0.15, -0.1) is 0 Å². The van der Waals surface area contributed by atoms with Gasteiger partial charge in [-0.2, -0.15) is 0 Å². The Morgan fingerprint density at radius 1 is 0.540 bits per heavy atom. The van der Waals surface area contributed by atoms with Crippen LogP contribution < -0.4 is 4.74 Å². The van der Waals surface area contributed by atoms with Crippen molar-refractivity contribution >= 4 is 35.1 Å². The molecule has 0 fully saturated rings. The second-order valence-electron chi connectivity index (χ2n) is 25.5. The van der Waals surface area contributed by atoms with Gasteiger partial charge in [-0.25, -0.2) is 0 Å². The maximum absolute atomic E-state index is 9.04. The summed E-state index contributed by atoms with van der Waals surface area (Å²) in [6, 6.07) is 19.8. The summed E-state index contributed by atoms with van der Waals surface area (Å²) in [4.78, 5) is 0. The minimum absolute atomic E-state index is 0.0200. The molecule has 4 aromatic rings. The summed E-state index contributed by atoms with van der Waals surface area (Å²) in [5, 5.41) is 0. The summed E-state index contributed by atoms with van der Waals surface area (Å²) < 4.78 is 6.60. The summed E-state index contributed by atoms with van der Waals surface area (Å²) in [5.74, 6) is -0.825. The molecule has 0 N–H and O–H groups in total. The Bertz CT molecular complexity index is 2520. The van der Waals surface area contributed by atoms with Crippen molar-refractivity contribution < 1.29 is 20.3 Å². The van der Waals surface area contributed by atoms with E-state index in [9.17, 15) is 0 Å². The molecule has 63 heavy (non-hydrogen) atoms. The van der Waals surface area contributed by atoms with E-state index in [1.807, 2.05) is 7.11 Å². The van der Waals surface area contributed by atoms with E-state index in [0.29, 0.717) is 0 Å². The van der Waals surface area contributed by atoms with Crippen LogP contribution in [0, 0.1) is 0 Å². The first kappa shape index (κ1) is 48.8. The molecule has 0 aliphatic heterocycles. The molecular weight excluding hydrogens is 903 g/mol. The van der Waals surface area contributed by atoms with Gasteiger partial charge in [0, 0.05) is 0 Å². The predicted molar refractivity (Wildman–Crippen MR) is 279 cm³/mol. The van der Waals surface area contributed by atoms with E-state index in [-0.39, 0.29) is 34.3 Å². The molecule has 3 aliphatic rings. The zero-order chi connectivity index (χ0) is 47.0. The average Bonchev–Trinajstić information content (AvgIpc) is 3.85. The molecule has 0 aromatic heterocycles. The fraction of sp³-hybridized carbons (Fsp3) is 0.517. The van der Waals surface area contributed by atoms with Gasteiger partial charge in [-0.3, -0.25) is 0 Å². The Morgan fingerprint density at radius 3 is 1.32 bits per heavy atom. The Labute approximate surface area is 392 Å². The molecule has 0 bridgehead atoms. The number of ether oxygens (including phenoxy) is 1. The molecule has 0 radical (unpaired) electrons. The van der Waals surface area contributed by atoms with Gasteiger partial charge in [0.1, 0.15) is 0 Å².